The zero-order valence-electron chi connectivity index (χ0n) is 12.5. The molecule has 0 atom stereocenters. The third kappa shape index (κ3) is 9.82. The van der Waals surface area contributed by atoms with Crippen LogP contribution < -0.4 is 0 Å². The van der Waals surface area contributed by atoms with Crippen LogP contribution in [0.3, 0.4) is 0 Å². The first-order chi connectivity index (χ1) is 9.79. The van der Waals surface area contributed by atoms with Gasteiger partial charge in [-0.2, -0.15) is 0 Å². The van der Waals surface area contributed by atoms with Crippen LogP contribution in [0.15, 0.2) is 0 Å². The quantitative estimate of drug-likeness (QED) is 0.390. The highest BCUT2D eigenvalue weighted by Gasteiger charge is 2.12. The minimum absolute atomic E-state index is 0.0242. The predicted octanol–water partition coefficient (Wildman–Crippen LogP) is 3.05. The molecule has 0 spiro atoms. The average Bonchev–Trinajstić information content (AvgIpc) is 2.45. The van der Waals surface area contributed by atoms with Gasteiger partial charge in [-0.1, -0.05) is 6.42 Å². The number of carbonyl (C=O) groups is 1. The fraction of sp³-hybridized carbons (Fsp3) is 0.812. The van der Waals surface area contributed by atoms with Gasteiger partial charge in [0, 0.05) is 19.8 Å². The summed E-state index contributed by atoms with van der Waals surface area (Å²) in [7, 11) is 0. The number of rotatable bonds is 8. The van der Waals surface area contributed by atoms with Gasteiger partial charge in [-0.05, 0) is 32.1 Å². The van der Waals surface area contributed by atoms with Crippen molar-refractivity contribution >= 4 is 5.97 Å². The third-order valence-electron chi connectivity index (χ3n) is 3.01. The Morgan fingerprint density at radius 2 is 1.80 bits per heavy atom. The van der Waals surface area contributed by atoms with Gasteiger partial charge < -0.3 is 14.2 Å². The van der Waals surface area contributed by atoms with Gasteiger partial charge >= 0.3 is 5.97 Å². The molecule has 0 aromatic rings. The van der Waals surface area contributed by atoms with E-state index in [9.17, 15) is 4.79 Å². The van der Waals surface area contributed by atoms with Crippen molar-refractivity contribution in [2.75, 3.05) is 19.8 Å². The second-order valence-corrected chi connectivity index (χ2v) is 4.92. The van der Waals surface area contributed by atoms with E-state index in [1.54, 1.807) is 0 Å². The summed E-state index contributed by atoms with van der Waals surface area (Å²) >= 11 is 0. The smallest absolute Gasteiger partial charge is 0.302 e. The van der Waals surface area contributed by atoms with Crippen molar-refractivity contribution in [2.24, 2.45) is 0 Å². The van der Waals surface area contributed by atoms with E-state index in [0.29, 0.717) is 6.61 Å². The SMILES string of the molecule is CC(=O)OCCCC#CCCCCCC1OCCCO1. The fourth-order valence-corrected chi connectivity index (χ4v) is 1.96. The second-order valence-electron chi connectivity index (χ2n) is 4.92. The minimum atomic E-state index is -0.219. The second kappa shape index (κ2) is 11.7. The van der Waals surface area contributed by atoms with Crippen molar-refractivity contribution in [2.45, 2.75) is 64.6 Å². The lowest BCUT2D eigenvalue weighted by Gasteiger charge is -2.22. The number of hydrogen-bond acceptors (Lipinski definition) is 4. The molecule has 0 bridgehead atoms. The molecule has 0 aromatic carbocycles. The molecule has 1 saturated heterocycles. The van der Waals surface area contributed by atoms with Gasteiger partial charge in [-0.15, -0.1) is 11.8 Å². The van der Waals surface area contributed by atoms with E-state index in [0.717, 1.165) is 58.2 Å². The molecule has 1 fully saturated rings. The Labute approximate surface area is 122 Å². The van der Waals surface area contributed by atoms with Crippen molar-refractivity contribution in [1.29, 1.82) is 0 Å². The monoisotopic (exact) mass is 282 g/mol. The molecule has 0 N–H and O–H groups in total. The highest BCUT2D eigenvalue weighted by Crippen LogP contribution is 2.13. The molecule has 0 saturated carbocycles. The number of carbonyl (C=O) groups excluding carboxylic acids is 1. The highest BCUT2D eigenvalue weighted by molar-refractivity contribution is 5.65. The number of hydrogen-bond donors (Lipinski definition) is 0. The first-order valence-electron chi connectivity index (χ1n) is 7.61. The normalized spacial score (nSPS) is 15.4. The van der Waals surface area contributed by atoms with Crippen LogP contribution in [0, 0.1) is 11.8 Å². The Balaban J connectivity index is 1.83. The van der Waals surface area contributed by atoms with Crippen LogP contribution >= 0.6 is 0 Å². The fourth-order valence-electron chi connectivity index (χ4n) is 1.96. The summed E-state index contributed by atoms with van der Waals surface area (Å²) in [6.45, 7) is 3.58. The Bertz CT molecular complexity index is 310. The number of ether oxygens (including phenoxy) is 3. The van der Waals surface area contributed by atoms with Crippen LogP contribution in [-0.2, 0) is 19.0 Å². The van der Waals surface area contributed by atoms with Gasteiger partial charge in [0.25, 0.3) is 0 Å². The first kappa shape index (κ1) is 17.0. The number of esters is 1. The molecule has 20 heavy (non-hydrogen) atoms. The van der Waals surface area contributed by atoms with Crippen molar-refractivity contribution in [3.63, 3.8) is 0 Å². The van der Waals surface area contributed by atoms with E-state index < -0.39 is 0 Å². The van der Waals surface area contributed by atoms with Gasteiger partial charge in [0.1, 0.15) is 0 Å². The van der Waals surface area contributed by atoms with Crippen LogP contribution in [0.5, 0.6) is 0 Å². The summed E-state index contributed by atoms with van der Waals surface area (Å²) in [6, 6.07) is 0. The zero-order chi connectivity index (χ0) is 14.5. The molecule has 4 nitrogen and oxygen atoms in total. The molecular weight excluding hydrogens is 256 g/mol. The molecule has 4 heteroatoms. The van der Waals surface area contributed by atoms with Crippen LogP contribution in [0.4, 0.5) is 0 Å². The number of unbranched alkanes of at least 4 members (excludes halogenated alkanes) is 4. The zero-order valence-corrected chi connectivity index (χ0v) is 12.5. The summed E-state index contributed by atoms with van der Waals surface area (Å²) in [5.41, 5.74) is 0. The van der Waals surface area contributed by atoms with Crippen molar-refractivity contribution < 1.29 is 19.0 Å². The molecular formula is C16H26O4. The molecule has 0 aliphatic carbocycles. The van der Waals surface area contributed by atoms with Crippen LogP contribution in [-0.4, -0.2) is 32.1 Å². The molecule has 114 valence electrons. The molecule has 0 aromatic heterocycles. The third-order valence-corrected chi connectivity index (χ3v) is 3.01. The summed E-state index contributed by atoms with van der Waals surface area (Å²) < 4.78 is 15.8. The highest BCUT2D eigenvalue weighted by atomic mass is 16.7. The molecule has 1 rings (SSSR count). The topological polar surface area (TPSA) is 44.8 Å². The maximum absolute atomic E-state index is 10.5. The van der Waals surface area contributed by atoms with E-state index in [1.807, 2.05) is 0 Å². The summed E-state index contributed by atoms with van der Waals surface area (Å²) in [5.74, 6) is 6.05. The standard InChI is InChI=1S/C16H26O4/c1-15(17)18-12-9-7-5-3-2-4-6-8-11-16-19-13-10-14-20-16/h16H,2,4,6-14H2,1H3. The van der Waals surface area contributed by atoms with Crippen LogP contribution in [0.1, 0.15) is 58.3 Å². The van der Waals surface area contributed by atoms with Crippen molar-refractivity contribution in [3.05, 3.63) is 0 Å². The molecule has 1 heterocycles. The van der Waals surface area contributed by atoms with Gasteiger partial charge in [0.05, 0.1) is 19.8 Å². The minimum Gasteiger partial charge on any atom is -0.466 e. The van der Waals surface area contributed by atoms with Gasteiger partial charge in [0.2, 0.25) is 0 Å². The Hall–Kier alpha value is -1.05. The molecule has 0 radical (unpaired) electrons. The van der Waals surface area contributed by atoms with E-state index in [4.69, 9.17) is 14.2 Å². The van der Waals surface area contributed by atoms with E-state index in [-0.39, 0.29) is 12.3 Å². The van der Waals surface area contributed by atoms with Gasteiger partial charge in [-0.3, -0.25) is 4.79 Å². The van der Waals surface area contributed by atoms with Crippen molar-refractivity contribution in [3.8, 4) is 11.8 Å². The first-order valence-corrected chi connectivity index (χ1v) is 7.61. The van der Waals surface area contributed by atoms with Crippen molar-refractivity contribution in [1.82, 2.24) is 0 Å². The molecule has 1 aliphatic heterocycles. The Kier molecular flexibility index (Phi) is 9.99. The summed E-state index contributed by atoms with van der Waals surface area (Å²) in [6.07, 6.45) is 8.05. The largest absolute Gasteiger partial charge is 0.466 e. The summed E-state index contributed by atoms with van der Waals surface area (Å²) in [4.78, 5) is 10.5. The molecule has 1 aliphatic rings. The molecule has 0 unspecified atom stereocenters. The lowest BCUT2D eigenvalue weighted by atomic mass is 10.1. The van der Waals surface area contributed by atoms with Crippen LogP contribution in [0.2, 0.25) is 0 Å². The van der Waals surface area contributed by atoms with E-state index in [1.165, 1.54) is 13.3 Å². The lowest BCUT2D eigenvalue weighted by molar-refractivity contribution is -0.181. The maximum Gasteiger partial charge on any atom is 0.302 e. The van der Waals surface area contributed by atoms with E-state index in [2.05, 4.69) is 11.8 Å². The Morgan fingerprint density at radius 3 is 2.50 bits per heavy atom. The van der Waals surface area contributed by atoms with Crippen LogP contribution in [0.25, 0.3) is 0 Å². The summed E-state index contributed by atoms with van der Waals surface area (Å²) in [5, 5.41) is 0. The van der Waals surface area contributed by atoms with Gasteiger partial charge in [-0.25, -0.2) is 0 Å². The predicted molar refractivity (Wildman–Crippen MR) is 77.0 cm³/mol. The lowest BCUT2D eigenvalue weighted by Crippen LogP contribution is -2.24. The maximum atomic E-state index is 10.5. The van der Waals surface area contributed by atoms with E-state index >= 15 is 0 Å². The Morgan fingerprint density at radius 1 is 1.10 bits per heavy atom. The average molecular weight is 282 g/mol. The molecule has 0 amide bonds. The van der Waals surface area contributed by atoms with Gasteiger partial charge in [0.15, 0.2) is 6.29 Å².